The van der Waals surface area contributed by atoms with E-state index in [9.17, 15) is 0 Å². The lowest BCUT2D eigenvalue weighted by atomic mass is 10.4. The van der Waals surface area contributed by atoms with Crippen molar-refractivity contribution in [3.8, 4) is 0 Å². The van der Waals surface area contributed by atoms with Gasteiger partial charge in [-0.1, -0.05) is 0 Å². The summed E-state index contributed by atoms with van der Waals surface area (Å²) in [5.74, 6) is 0.232. The highest BCUT2D eigenvalue weighted by molar-refractivity contribution is 7.80. The van der Waals surface area contributed by atoms with Gasteiger partial charge < -0.3 is 9.47 Å². The Balaban J connectivity index is 2.40. The molecular formula is C5H10O2S. The van der Waals surface area contributed by atoms with Crippen LogP contribution in [0.5, 0.6) is 0 Å². The summed E-state index contributed by atoms with van der Waals surface area (Å²) in [4.78, 5) is 0. The van der Waals surface area contributed by atoms with Crippen LogP contribution >= 0.6 is 12.6 Å². The summed E-state index contributed by atoms with van der Waals surface area (Å²) in [6, 6.07) is 0. The fourth-order valence-corrected chi connectivity index (χ4v) is 0.831. The topological polar surface area (TPSA) is 18.5 Å². The molecule has 8 heavy (non-hydrogen) atoms. The van der Waals surface area contributed by atoms with Crippen molar-refractivity contribution in [1.82, 2.24) is 0 Å². The summed E-state index contributed by atoms with van der Waals surface area (Å²) in [7, 11) is 0. The van der Waals surface area contributed by atoms with Gasteiger partial charge in [0.15, 0.2) is 5.79 Å². The van der Waals surface area contributed by atoms with Gasteiger partial charge in [-0.25, -0.2) is 0 Å². The molecule has 1 heterocycles. The zero-order chi connectivity index (χ0) is 6.04. The van der Waals surface area contributed by atoms with Crippen LogP contribution < -0.4 is 0 Å². The first-order valence-electron chi connectivity index (χ1n) is 2.66. The minimum absolute atomic E-state index is 0.400. The monoisotopic (exact) mass is 134 g/mol. The van der Waals surface area contributed by atoms with Gasteiger partial charge in [-0.2, -0.15) is 12.6 Å². The van der Waals surface area contributed by atoms with Crippen LogP contribution in [-0.2, 0) is 9.47 Å². The third-order valence-electron chi connectivity index (χ3n) is 1.19. The van der Waals surface area contributed by atoms with E-state index in [1.165, 1.54) is 0 Å². The summed E-state index contributed by atoms with van der Waals surface area (Å²) in [5, 5.41) is 0. The predicted octanol–water partition coefficient (Wildman–Crippen LogP) is 0.679. The zero-order valence-electron chi connectivity index (χ0n) is 4.89. The second kappa shape index (κ2) is 2.25. The SMILES string of the molecule is CC1(CS)OCCO1. The van der Waals surface area contributed by atoms with Gasteiger partial charge in [-0.15, -0.1) is 0 Å². The third-order valence-corrected chi connectivity index (χ3v) is 1.76. The molecule has 1 aliphatic rings. The third kappa shape index (κ3) is 1.16. The van der Waals surface area contributed by atoms with Gasteiger partial charge in [-0.05, 0) is 6.92 Å². The first kappa shape index (κ1) is 6.39. The van der Waals surface area contributed by atoms with Gasteiger partial charge in [0, 0.05) is 5.75 Å². The highest BCUT2D eigenvalue weighted by Crippen LogP contribution is 2.18. The van der Waals surface area contributed by atoms with Gasteiger partial charge in [0.2, 0.25) is 0 Å². The number of hydrogen-bond acceptors (Lipinski definition) is 3. The minimum Gasteiger partial charge on any atom is -0.347 e. The van der Waals surface area contributed by atoms with E-state index in [4.69, 9.17) is 9.47 Å². The van der Waals surface area contributed by atoms with Crippen molar-refractivity contribution in [2.45, 2.75) is 12.7 Å². The quantitative estimate of drug-likeness (QED) is 0.532. The van der Waals surface area contributed by atoms with Crippen molar-refractivity contribution in [3.05, 3.63) is 0 Å². The van der Waals surface area contributed by atoms with Crippen LogP contribution in [0.25, 0.3) is 0 Å². The lowest BCUT2D eigenvalue weighted by Crippen LogP contribution is -2.27. The molecule has 1 fully saturated rings. The molecule has 0 aromatic rings. The molecule has 1 aliphatic heterocycles. The van der Waals surface area contributed by atoms with Crippen LogP contribution in [0.2, 0.25) is 0 Å². The lowest BCUT2D eigenvalue weighted by Gasteiger charge is -2.18. The molecule has 0 spiro atoms. The Morgan fingerprint density at radius 3 is 2.25 bits per heavy atom. The highest BCUT2D eigenvalue weighted by Gasteiger charge is 2.28. The molecule has 48 valence electrons. The Bertz CT molecular complexity index is 78.5. The van der Waals surface area contributed by atoms with E-state index in [0.29, 0.717) is 19.0 Å². The molecule has 0 bridgehead atoms. The fourth-order valence-electron chi connectivity index (χ4n) is 0.648. The van der Waals surface area contributed by atoms with E-state index < -0.39 is 5.79 Å². The average molecular weight is 134 g/mol. The summed E-state index contributed by atoms with van der Waals surface area (Å²) in [6.07, 6.45) is 0. The zero-order valence-corrected chi connectivity index (χ0v) is 5.78. The molecule has 0 aromatic heterocycles. The first-order valence-corrected chi connectivity index (χ1v) is 3.29. The summed E-state index contributed by atoms with van der Waals surface area (Å²) < 4.78 is 10.4. The van der Waals surface area contributed by atoms with Crippen LogP contribution in [0.4, 0.5) is 0 Å². The standard InChI is InChI=1S/C5H10O2S/c1-5(4-8)6-2-3-7-5/h8H,2-4H2,1H3. The van der Waals surface area contributed by atoms with Crippen LogP contribution in [0.1, 0.15) is 6.92 Å². The second-order valence-electron chi connectivity index (χ2n) is 1.99. The molecule has 0 amide bonds. The largest absolute Gasteiger partial charge is 0.347 e. The molecule has 0 atom stereocenters. The fraction of sp³-hybridized carbons (Fsp3) is 1.00. The average Bonchev–Trinajstić information content (AvgIpc) is 2.17. The number of hydrogen-bond donors (Lipinski definition) is 1. The summed E-state index contributed by atoms with van der Waals surface area (Å²) >= 11 is 4.05. The van der Waals surface area contributed by atoms with E-state index in [2.05, 4.69) is 12.6 Å². The van der Waals surface area contributed by atoms with E-state index in [1.54, 1.807) is 0 Å². The molecule has 2 nitrogen and oxygen atoms in total. The van der Waals surface area contributed by atoms with Gasteiger partial charge in [-0.3, -0.25) is 0 Å². The molecule has 1 rings (SSSR count). The van der Waals surface area contributed by atoms with Crippen molar-refractivity contribution < 1.29 is 9.47 Å². The Morgan fingerprint density at radius 2 is 2.00 bits per heavy atom. The van der Waals surface area contributed by atoms with E-state index in [0.717, 1.165) is 0 Å². The highest BCUT2D eigenvalue weighted by atomic mass is 32.1. The molecule has 0 aliphatic carbocycles. The van der Waals surface area contributed by atoms with E-state index >= 15 is 0 Å². The number of thiol groups is 1. The molecule has 0 radical (unpaired) electrons. The van der Waals surface area contributed by atoms with Crippen LogP contribution in [0.3, 0.4) is 0 Å². The van der Waals surface area contributed by atoms with Crippen molar-refractivity contribution in [3.63, 3.8) is 0 Å². The Morgan fingerprint density at radius 1 is 1.50 bits per heavy atom. The van der Waals surface area contributed by atoms with Gasteiger partial charge in [0.05, 0.1) is 13.2 Å². The van der Waals surface area contributed by atoms with Crippen LogP contribution in [0, 0.1) is 0 Å². The van der Waals surface area contributed by atoms with Gasteiger partial charge in [0.25, 0.3) is 0 Å². The summed E-state index contributed by atoms with van der Waals surface area (Å²) in [6.45, 7) is 3.31. The normalized spacial score (nSPS) is 26.2. The molecule has 0 unspecified atom stereocenters. The van der Waals surface area contributed by atoms with E-state index in [1.807, 2.05) is 6.92 Å². The van der Waals surface area contributed by atoms with Gasteiger partial charge in [0.1, 0.15) is 0 Å². The lowest BCUT2D eigenvalue weighted by molar-refractivity contribution is -0.121. The first-order chi connectivity index (χ1) is 3.77. The molecular weight excluding hydrogens is 124 g/mol. The summed E-state index contributed by atoms with van der Waals surface area (Å²) in [5.41, 5.74) is 0. The maximum atomic E-state index is 5.19. The minimum atomic E-state index is -0.400. The molecule has 0 N–H and O–H groups in total. The van der Waals surface area contributed by atoms with Crippen molar-refractivity contribution in [2.75, 3.05) is 19.0 Å². The molecule has 3 heteroatoms. The van der Waals surface area contributed by atoms with Crippen molar-refractivity contribution >= 4 is 12.6 Å². The van der Waals surface area contributed by atoms with Crippen LogP contribution in [0.15, 0.2) is 0 Å². The smallest absolute Gasteiger partial charge is 0.174 e. The predicted molar refractivity (Wildman–Crippen MR) is 34.2 cm³/mol. The van der Waals surface area contributed by atoms with Crippen molar-refractivity contribution in [2.24, 2.45) is 0 Å². The number of rotatable bonds is 1. The van der Waals surface area contributed by atoms with Crippen molar-refractivity contribution in [1.29, 1.82) is 0 Å². The number of ether oxygens (including phenoxy) is 2. The molecule has 1 saturated heterocycles. The second-order valence-corrected chi connectivity index (χ2v) is 2.31. The van der Waals surface area contributed by atoms with Gasteiger partial charge >= 0.3 is 0 Å². The maximum absolute atomic E-state index is 5.19. The van der Waals surface area contributed by atoms with E-state index in [-0.39, 0.29) is 0 Å². The van der Waals surface area contributed by atoms with Crippen LogP contribution in [-0.4, -0.2) is 24.8 Å². The maximum Gasteiger partial charge on any atom is 0.174 e. The Labute approximate surface area is 54.6 Å². The Kier molecular flexibility index (Phi) is 1.80. The molecule has 0 aromatic carbocycles. The molecule has 0 saturated carbocycles. The Hall–Kier alpha value is 0.270.